The summed E-state index contributed by atoms with van der Waals surface area (Å²) < 4.78 is 10.2. The second-order valence-electron chi connectivity index (χ2n) is 5.13. The molecule has 1 amide bonds. The van der Waals surface area contributed by atoms with Crippen LogP contribution in [0.15, 0.2) is 12.1 Å². The molecule has 1 saturated heterocycles. The highest BCUT2D eigenvalue weighted by Crippen LogP contribution is 2.35. The summed E-state index contributed by atoms with van der Waals surface area (Å²) in [5.41, 5.74) is 5.55. The Bertz CT molecular complexity index is 590. The number of benzene rings is 1. The van der Waals surface area contributed by atoms with Crippen LogP contribution in [0.25, 0.3) is 0 Å². The molecule has 120 valence electrons. The van der Waals surface area contributed by atoms with Crippen LogP contribution in [0.1, 0.15) is 23.2 Å². The van der Waals surface area contributed by atoms with Gasteiger partial charge in [-0.25, -0.2) is 0 Å². The Balaban J connectivity index is 2.43. The summed E-state index contributed by atoms with van der Waals surface area (Å²) in [5, 5.41) is 11.3. The third kappa shape index (κ3) is 3.11. The maximum atomic E-state index is 12.6. The summed E-state index contributed by atoms with van der Waals surface area (Å²) in [5.74, 6) is 0.0710. The molecule has 1 fully saturated rings. The quantitative estimate of drug-likeness (QED) is 0.661. The largest absolute Gasteiger partial charge is 0.493 e. The lowest BCUT2D eigenvalue weighted by atomic mass is 10.0. The van der Waals surface area contributed by atoms with Crippen LogP contribution in [0.4, 0.5) is 5.69 Å². The molecule has 1 aromatic carbocycles. The predicted octanol–water partition coefficient (Wildman–Crippen LogP) is 1.18. The van der Waals surface area contributed by atoms with Gasteiger partial charge in [0.15, 0.2) is 11.5 Å². The van der Waals surface area contributed by atoms with Gasteiger partial charge in [-0.3, -0.25) is 14.9 Å². The number of amides is 1. The van der Waals surface area contributed by atoms with E-state index in [1.165, 1.54) is 26.4 Å². The van der Waals surface area contributed by atoms with Crippen LogP contribution in [0, 0.1) is 10.1 Å². The molecule has 1 aliphatic heterocycles. The van der Waals surface area contributed by atoms with Gasteiger partial charge in [0, 0.05) is 25.2 Å². The van der Waals surface area contributed by atoms with Crippen LogP contribution in [0.5, 0.6) is 11.5 Å². The summed E-state index contributed by atoms with van der Waals surface area (Å²) in [6.07, 6.45) is 1.63. The number of ether oxygens (including phenoxy) is 2. The molecule has 0 bridgehead atoms. The van der Waals surface area contributed by atoms with E-state index >= 15 is 0 Å². The van der Waals surface area contributed by atoms with Crippen LogP contribution in [-0.4, -0.2) is 49.1 Å². The van der Waals surface area contributed by atoms with Gasteiger partial charge in [-0.05, 0) is 12.8 Å². The average Bonchev–Trinajstić information content (AvgIpc) is 2.52. The number of likely N-dealkylation sites (tertiary alicyclic amines) is 1. The number of carbonyl (C=O) groups excluding carboxylic acids is 1. The molecule has 2 N–H and O–H groups in total. The second kappa shape index (κ2) is 6.61. The molecule has 0 aromatic heterocycles. The van der Waals surface area contributed by atoms with Crippen LogP contribution in [0.2, 0.25) is 0 Å². The number of piperidine rings is 1. The fourth-order valence-electron chi connectivity index (χ4n) is 2.56. The number of hydrogen-bond acceptors (Lipinski definition) is 6. The zero-order valence-corrected chi connectivity index (χ0v) is 12.6. The molecule has 0 spiro atoms. The topological polar surface area (TPSA) is 108 Å². The molecule has 8 nitrogen and oxygen atoms in total. The molecule has 1 heterocycles. The van der Waals surface area contributed by atoms with Crippen molar-refractivity contribution in [1.29, 1.82) is 0 Å². The third-order valence-electron chi connectivity index (χ3n) is 3.67. The summed E-state index contributed by atoms with van der Waals surface area (Å²) >= 11 is 0. The molecule has 1 aliphatic rings. The van der Waals surface area contributed by atoms with Crippen molar-refractivity contribution >= 4 is 11.6 Å². The number of carbonyl (C=O) groups is 1. The molecule has 0 saturated carbocycles. The van der Waals surface area contributed by atoms with Gasteiger partial charge in [-0.2, -0.15) is 0 Å². The number of nitrogens with two attached hydrogens (primary N) is 1. The Morgan fingerprint density at radius 3 is 2.55 bits per heavy atom. The normalized spacial score (nSPS) is 18.0. The van der Waals surface area contributed by atoms with Gasteiger partial charge in [0.25, 0.3) is 11.6 Å². The lowest BCUT2D eigenvalue weighted by Gasteiger charge is -2.30. The fourth-order valence-corrected chi connectivity index (χ4v) is 2.56. The van der Waals surface area contributed by atoms with E-state index in [0.717, 1.165) is 12.8 Å². The van der Waals surface area contributed by atoms with Gasteiger partial charge >= 0.3 is 0 Å². The highest BCUT2D eigenvalue weighted by atomic mass is 16.6. The molecule has 0 aliphatic carbocycles. The number of nitro groups is 1. The smallest absolute Gasteiger partial charge is 0.286 e. The van der Waals surface area contributed by atoms with E-state index in [0.29, 0.717) is 13.1 Å². The highest BCUT2D eigenvalue weighted by molar-refractivity contribution is 5.99. The predicted molar refractivity (Wildman–Crippen MR) is 79.3 cm³/mol. The Kier molecular flexibility index (Phi) is 4.81. The van der Waals surface area contributed by atoms with E-state index in [4.69, 9.17) is 15.2 Å². The Morgan fingerprint density at radius 1 is 1.36 bits per heavy atom. The van der Waals surface area contributed by atoms with Gasteiger partial charge in [0.05, 0.1) is 25.2 Å². The zero-order chi connectivity index (χ0) is 16.3. The minimum Gasteiger partial charge on any atom is -0.493 e. The standard InChI is InChI=1S/C14H19N3O5/c1-21-12-6-10(11(17(19)20)7-13(12)22-2)14(18)16-5-3-4-9(15)8-16/h6-7,9H,3-5,8,15H2,1-2H3. The molecule has 0 radical (unpaired) electrons. The van der Waals surface area contributed by atoms with Crippen LogP contribution in [0.3, 0.4) is 0 Å². The fraction of sp³-hybridized carbons (Fsp3) is 0.500. The van der Waals surface area contributed by atoms with Crippen molar-refractivity contribution in [1.82, 2.24) is 4.90 Å². The number of methoxy groups -OCH3 is 2. The van der Waals surface area contributed by atoms with Gasteiger partial charge in [0.1, 0.15) is 5.56 Å². The van der Waals surface area contributed by atoms with Gasteiger partial charge < -0.3 is 20.1 Å². The molecule has 1 unspecified atom stereocenters. The van der Waals surface area contributed by atoms with Crippen molar-refractivity contribution in [3.8, 4) is 11.5 Å². The first-order valence-corrected chi connectivity index (χ1v) is 6.93. The van der Waals surface area contributed by atoms with E-state index in [2.05, 4.69) is 0 Å². The Hall–Kier alpha value is -2.35. The van der Waals surface area contributed by atoms with Crippen molar-refractivity contribution in [2.45, 2.75) is 18.9 Å². The lowest BCUT2D eigenvalue weighted by Crippen LogP contribution is -2.45. The maximum absolute atomic E-state index is 12.6. The van der Waals surface area contributed by atoms with Crippen molar-refractivity contribution in [3.05, 3.63) is 27.8 Å². The average molecular weight is 309 g/mol. The Labute approximate surface area is 127 Å². The maximum Gasteiger partial charge on any atom is 0.286 e. The molecule has 22 heavy (non-hydrogen) atoms. The van der Waals surface area contributed by atoms with E-state index in [1.54, 1.807) is 4.90 Å². The van der Waals surface area contributed by atoms with E-state index in [-0.39, 0.29) is 28.8 Å². The summed E-state index contributed by atoms with van der Waals surface area (Å²) in [4.78, 5) is 24.8. The van der Waals surface area contributed by atoms with Crippen LogP contribution < -0.4 is 15.2 Å². The summed E-state index contributed by atoms with van der Waals surface area (Å²) in [6.45, 7) is 0.933. The molecular weight excluding hydrogens is 290 g/mol. The van der Waals surface area contributed by atoms with Gasteiger partial charge in [-0.1, -0.05) is 0 Å². The van der Waals surface area contributed by atoms with Crippen LogP contribution in [-0.2, 0) is 0 Å². The molecule has 1 aromatic rings. The van der Waals surface area contributed by atoms with Gasteiger partial charge in [0.2, 0.25) is 0 Å². The minimum absolute atomic E-state index is 0.0169. The van der Waals surface area contributed by atoms with Crippen molar-refractivity contribution < 1.29 is 19.2 Å². The number of hydrogen-bond donors (Lipinski definition) is 1. The van der Waals surface area contributed by atoms with Crippen LogP contribution >= 0.6 is 0 Å². The first kappa shape index (κ1) is 16.0. The number of rotatable bonds is 4. The number of nitrogens with zero attached hydrogens (tertiary/aromatic N) is 2. The van der Waals surface area contributed by atoms with Crippen molar-refractivity contribution in [2.75, 3.05) is 27.3 Å². The zero-order valence-electron chi connectivity index (χ0n) is 12.6. The lowest BCUT2D eigenvalue weighted by molar-refractivity contribution is -0.385. The van der Waals surface area contributed by atoms with E-state index in [9.17, 15) is 14.9 Å². The molecule has 8 heteroatoms. The van der Waals surface area contributed by atoms with Crippen molar-refractivity contribution in [2.24, 2.45) is 5.73 Å². The molecular formula is C14H19N3O5. The second-order valence-corrected chi connectivity index (χ2v) is 5.13. The summed E-state index contributed by atoms with van der Waals surface area (Å²) in [7, 11) is 2.79. The minimum atomic E-state index is -0.598. The SMILES string of the molecule is COc1cc(C(=O)N2CCCC(N)C2)c([N+](=O)[O-])cc1OC. The third-order valence-corrected chi connectivity index (χ3v) is 3.67. The molecule has 1 atom stereocenters. The highest BCUT2D eigenvalue weighted by Gasteiger charge is 2.30. The van der Waals surface area contributed by atoms with Gasteiger partial charge in [-0.15, -0.1) is 0 Å². The first-order chi connectivity index (χ1) is 10.5. The van der Waals surface area contributed by atoms with E-state index < -0.39 is 10.8 Å². The Morgan fingerprint density at radius 2 is 2.00 bits per heavy atom. The number of nitro benzene ring substituents is 1. The monoisotopic (exact) mass is 309 g/mol. The summed E-state index contributed by atoms with van der Waals surface area (Å²) in [6, 6.07) is 2.45. The van der Waals surface area contributed by atoms with Crippen molar-refractivity contribution in [3.63, 3.8) is 0 Å². The van der Waals surface area contributed by atoms with E-state index in [1.807, 2.05) is 0 Å². The first-order valence-electron chi connectivity index (χ1n) is 6.93. The molecule has 2 rings (SSSR count).